The number of nitrogens with two attached hydrogens (primary N) is 1. The van der Waals surface area contributed by atoms with Gasteiger partial charge in [0.05, 0.1) is 6.37 Å². The Bertz CT molecular complexity index is 151. The molecule has 0 aliphatic rings. The van der Waals surface area contributed by atoms with E-state index < -0.39 is 18.4 Å². The molecule has 0 aliphatic carbocycles. The number of carboxylic acids is 1. The Kier molecular flexibility index (Phi) is 0.982. The van der Waals surface area contributed by atoms with Gasteiger partial charge in [-0.25, -0.2) is 0 Å². The zero-order valence-corrected chi connectivity index (χ0v) is 3.93. The lowest BCUT2D eigenvalue weighted by atomic mass is 10.3. The molecule has 0 rings (SSSR count). The van der Waals surface area contributed by atoms with Gasteiger partial charge in [0.25, 0.3) is 0 Å². The molecule has 0 fully saturated rings. The summed E-state index contributed by atoms with van der Waals surface area (Å²) in [5.41, 5.74) is 4.92. The van der Waals surface area contributed by atoms with Crippen molar-refractivity contribution in [3.63, 3.8) is 0 Å². The van der Waals surface area contributed by atoms with Crippen LogP contribution in [-0.4, -0.2) is 17.1 Å². The molecule has 3 nitrogen and oxygen atoms in total. The Hall–Kier alpha value is -0.570. The largest absolute Gasteiger partial charge is 0.481 e. The third kappa shape index (κ3) is 5.43. The molecule has 0 spiro atoms. The Morgan fingerprint density at radius 1 is 2.43 bits per heavy atom. The first kappa shape index (κ1) is 2.67. The molecule has 0 aromatic heterocycles. The van der Waals surface area contributed by atoms with E-state index in [0.29, 0.717) is 0 Å². The summed E-state index contributed by atoms with van der Waals surface area (Å²) in [5.74, 6) is -1.72. The molecule has 0 amide bonds. The van der Waals surface area contributed by atoms with Crippen LogP contribution in [0.2, 0.25) is 0 Å². The summed E-state index contributed by atoms with van der Waals surface area (Å²) in [4.78, 5) is 10.1. The van der Waals surface area contributed by atoms with Gasteiger partial charge in [-0.15, -0.1) is 0 Å². The predicted molar refractivity (Wildman–Crippen MR) is 25.9 cm³/mol. The highest BCUT2D eigenvalue weighted by molar-refractivity contribution is 5.67. The minimum Gasteiger partial charge on any atom is -0.481 e. The first-order chi connectivity index (χ1) is 4.19. The molecule has 0 aromatic rings. The Labute approximate surface area is 46.3 Å². The van der Waals surface area contributed by atoms with Gasteiger partial charge in [-0.3, -0.25) is 4.79 Å². The van der Waals surface area contributed by atoms with Crippen molar-refractivity contribution in [1.29, 1.82) is 0 Å². The average molecular weight is 106 g/mol. The lowest BCUT2D eigenvalue weighted by molar-refractivity contribution is -0.137. The molecule has 3 N–H and O–H groups in total. The number of hydrogen-bond acceptors (Lipinski definition) is 2. The average Bonchev–Trinajstić information content (AvgIpc) is 1.62. The standard InChI is InChI=1S/C4H9NO2/c1-3(5)2-4(6)7/h3H,2,5H2,1H3,(H,6,7)/i2D2,3D. The van der Waals surface area contributed by atoms with E-state index in [-0.39, 0.29) is 0 Å². The predicted octanol–water partition coefficient (Wildman–Crippen LogP) is -0.192. The highest BCUT2D eigenvalue weighted by atomic mass is 16.4. The van der Waals surface area contributed by atoms with E-state index in [2.05, 4.69) is 0 Å². The molecule has 1 atom stereocenters. The van der Waals surface area contributed by atoms with E-state index in [9.17, 15) is 4.79 Å². The fourth-order valence-electron chi connectivity index (χ4n) is 0.169. The second kappa shape index (κ2) is 2.58. The van der Waals surface area contributed by atoms with Crippen molar-refractivity contribution < 1.29 is 14.0 Å². The molecule has 3 heteroatoms. The molecule has 0 saturated carbocycles. The van der Waals surface area contributed by atoms with E-state index in [1.165, 1.54) is 0 Å². The van der Waals surface area contributed by atoms with Crippen molar-refractivity contribution in [2.45, 2.75) is 19.3 Å². The SMILES string of the molecule is [2H]C(C)(N)C([2H])([2H])C(=O)O. The van der Waals surface area contributed by atoms with Crippen molar-refractivity contribution in [1.82, 2.24) is 0 Å². The molecule has 0 radical (unpaired) electrons. The van der Waals surface area contributed by atoms with Crippen molar-refractivity contribution >= 4 is 5.97 Å². The van der Waals surface area contributed by atoms with E-state index >= 15 is 0 Å². The fourth-order valence-corrected chi connectivity index (χ4v) is 0.169. The first-order valence-electron chi connectivity index (χ1n) is 3.22. The van der Waals surface area contributed by atoms with Crippen LogP contribution in [0.4, 0.5) is 0 Å². The minimum absolute atomic E-state index is 1.00. The summed E-state index contributed by atoms with van der Waals surface area (Å²) in [6.45, 7) is 1.00. The fraction of sp³-hybridized carbons (Fsp3) is 0.750. The van der Waals surface area contributed by atoms with Crippen LogP contribution >= 0.6 is 0 Å². The van der Waals surface area contributed by atoms with E-state index in [4.69, 9.17) is 15.0 Å². The van der Waals surface area contributed by atoms with Crippen molar-refractivity contribution in [2.75, 3.05) is 0 Å². The molecule has 0 saturated heterocycles. The van der Waals surface area contributed by atoms with Crippen LogP contribution in [-0.2, 0) is 4.79 Å². The number of carboxylic acid groups (broad SMARTS) is 1. The molecule has 0 aromatic carbocycles. The van der Waals surface area contributed by atoms with Gasteiger partial charge in [-0.2, -0.15) is 0 Å². The van der Waals surface area contributed by atoms with Crippen LogP contribution in [0.1, 0.15) is 17.4 Å². The zero-order chi connectivity index (χ0) is 8.58. The van der Waals surface area contributed by atoms with Gasteiger partial charge >= 0.3 is 5.97 Å². The van der Waals surface area contributed by atoms with Crippen LogP contribution in [0.15, 0.2) is 0 Å². The lowest BCUT2D eigenvalue weighted by Crippen LogP contribution is -2.18. The molecular formula is C4H9NO2. The van der Waals surface area contributed by atoms with Crippen molar-refractivity contribution in [2.24, 2.45) is 5.73 Å². The van der Waals surface area contributed by atoms with Crippen LogP contribution < -0.4 is 5.73 Å². The van der Waals surface area contributed by atoms with E-state index in [0.717, 1.165) is 6.92 Å². The molecule has 0 bridgehead atoms. The maximum Gasteiger partial charge on any atom is 0.304 e. The summed E-state index contributed by atoms with van der Waals surface area (Å²) in [6, 6.07) is -2.10. The monoisotopic (exact) mass is 106 g/mol. The van der Waals surface area contributed by atoms with Gasteiger partial charge in [0.2, 0.25) is 0 Å². The second-order valence-electron chi connectivity index (χ2n) is 1.11. The van der Waals surface area contributed by atoms with Crippen LogP contribution in [0.3, 0.4) is 0 Å². The van der Waals surface area contributed by atoms with Gasteiger partial charge in [-0.05, 0) is 6.92 Å². The second-order valence-corrected chi connectivity index (χ2v) is 1.11. The number of rotatable bonds is 2. The van der Waals surface area contributed by atoms with Gasteiger partial charge in [0.15, 0.2) is 0 Å². The van der Waals surface area contributed by atoms with Crippen LogP contribution in [0.5, 0.6) is 0 Å². The third-order valence-corrected chi connectivity index (χ3v) is 0.304. The Morgan fingerprint density at radius 3 is 2.86 bits per heavy atom. The summed E-state index contributed by atoms with van der Waals surface area (Å²) in [7, 11) is 0. The van der Waals surface area contributed by atoms with Crippen molar-refractivity contribution in [3.8, 4) is 0 Å². The number of hydrogen-bond donors (Lipinski definition) is 2. The van der Waals surface area contributed by atoms with Crippen LogP contribution in [0, 0.1) is 0 Å². The smallest absolute Gasteiger partial charge is 0.304 e. The Balaban J connectivity index is 4.57. The van der Waals surface area contributed by atoms with Gasteiger partial charge in [0, 0.05) is 10.1 Å². The molecule has 0 heterocycles. The first-order valence-corrected chi connectivity index (χ1v) is 1.72. The lowest BCUT2D eigenvalue weighted by Gasteiger charge is -1.95. The molecular weight excluding hydrogens is 94.0 g/mol. The number of carbonyl (C=O) groups is 1. The van der Waals surface area contributed by atoms with E-state index in [1.807, 2.05) is 0 Å². The zero-order valence-electron chi connectivity index (χ0n) is 6.93. The summed E-state index contributed by atoms with van der Waals surface area (Å²) < 4.78 is 20.5. The van der Waals surface area contributed by atoms with Crippen LogP contribution in [0.25, 0.3) is 0 Å². The summed E-state index contributed by atoms with van der Waals surface area (Å²) in [5, 5.41) is 8.20. The van der Waals surface area contributed by atoms with Gasteiger partial charge in [-0.1, -0.05) is 0 Å². The van der Waals surface area contributed by atoms with Gasteiger partial charge in [0.1, 0.15) is 0 Å². The summed E-state index contributed by atoms with van der Waals surface area (Å²) in [6.07, 6.45) is -2.70. The maximum atomic E-state index is 10.1. The van der Waals surface area contributed by atoms with E-state index in [1.54, 1.807) is 0 Å². The minimum atomic E-state index is -2.70. The Morgan fingerprint density at radius 2 is 2.86 bits per heavy atom. The quantitative estimate of drug-likeness (QED) is 0.512. The molecule has 1 unspecified atom stereocenters. The topological polar surface area (TPSA) is 63.3 Å². The highest BCUT2D eigenvalue weighted by Crippen LogP contribution is 1.82. The maximum absolute atomic E-state index is 10.1. The highest BCUT2D eigenvalue weighted by Gasteiger charge is 1.98. The normalized spacial score (nSPS) is 26.3. The van der Waals surface area contributed by atoms with Gasteiger partial charge < -0.3 is 10.8 Å². The van der Waals surface area contributed by atoms with Crippen molar-refractivity contribution in [3.05, 3.63) is 0 Å². The molecule has 7 heavy (non-hydrogen) atoms. The summed E-state index contributed by atoms with van der Waals surface area (Å²) >= 11 is 0. The third-order valence-electron chi connectivity index (χ3n) is 0.304. The molecule has 0 aliphatic heterocycles. The molecule has 42 valence electrons. The number of aliphatic carboxylic acids is 1.